The molecule has 0 spiro atoms. The van der Waals surface area contributed by atoms with Gasteiger partial charge in [0.15, 0.2) is 5.82 Å². The maximum Gasteiger partial charge on any atom is 0.321 e. The molecule has 0 radical (unpaired) electrons. The van der Waals surface area contributed by atoms with Crippen LogP contribution >= 0.6 is 11.6 Å². The minimum atomic E-state index is 0.107. The van der Waals surface area contributed by atoms with Crippen molar-refractivity contribution < 1.29 is 9.47 Å². The van der Waals surface area contributed by atoms with Gasteiger partial charge in [-0.25, -0.2) is 0 Å². The molecule has 1 aromatic carbocycles. The Hall–Kier alpha value is -1.88. The first kappa shape index (κ1) is 12.2. The van der Waals surface area contributed by atoms with E-state index in [1.165, 1.54) is 7.11 Å². The summed E-state index contributed by atoms with van der Waals surface area (Å²) in [5.74, 6) is 1.29. The van der Waals surface area contributed by atoms with E-state index in [-0.39, 0.29) is 11.3 Å². The van der Waals surface area contributed by atoms with Crippen LogP contribution in [0.25, 0.3) is 11.4 Å². The number of benzene rings is 1. The van der Waals surface area contributed by atoms with Gasteiger partial charge in [-0.1, -0.05) is 12.1 Å². The van der Waals surface area contributed by atoms with Crippen molar-refractivity contribution in [2.75, 3.05) is 7.11 Å². The average Bonchev–Trinajstić information content (AvgIpc) is 3.22. The summed E-state index contributed by atoms with van der Waals surface area (Å²) in [7, 11) is 1.49. The van der Waals surface area contributed by atoms with E-state index in [2.05, 4.69) is 15.0 Å². The van der Waals surface area contributed by atoms with Gasteiger partial charge in [0.1, 0.15) is 5.75 Å². The number of aromatic nitrogens is 3. The second-order valence-electron chi connectivity index (χ2n) is 4.26. The maximum absolute atomic E-state index is 5.84. The molecule has 19 heavy (non-hydrogen) atoms. The maximum atomic E-state index is 5.84. The molecule has 1 aliphatic rings. The summed E-state index contributed by atoms with van der Waals surface area (Å²) in [6.07, 6.45) is 2.59. The molecular formula is C13H12ClN3O2. The van der Waals surface area contributed by atoms with E-state index in [0.29, 0.717) is 11.9 Å². The summed E-state index contributed by atoms with van der Waals surface area (Å²) in [6, 6.07) is 7.80. The molecule has 3 rings (SSSR count). The molecule has 0 atom stereocenters. The predicted molar refractivity (Wildman–Crippen MR) is 70.5 cm³/mol. The number of halogens is 1. The van der Waals surface area contributed by atoms with E-state index >= 15 is 0 Å². The Morgan fingerprint density at radius 1 is 1.21 bits per heavy atom. The van der Waals surface area contributed by atoms with Crippen LogP contribution in [0, 0.1) is 0 Å². The van der Waals surface area contributed by atoms with E-state index in [1.54, 1.807) is 0 Å². The molecular weight excluding hydrogens is 266 g/mol. The normalized spacial score (nSPS) is 14.2. The molecule has 0 N–H and O–H groups in total. The van der Waals surface area contributed by atoms with Crippen LogP contribution in [0.3, 0.4) is 0 Å². The Morgan fingerprint density at radius 2 is 2.05 bits per heavy atom. The Kier molecular flexibility index (Phi) is 3.21. The zero-order valence-electron chi connectivity index (χ0n) is 10.3. The van der Waals surface area contributed by atoms with E-state index in [0.717, 1.165) is 24.2 Å². The van der Waals surface area contributed by atoms with Crippen LogP contribution in [0.1, 0.15) is 12.8 Å². The average molecular weight is 278 g/mol. The Bertz CT molecular complexity index is 602. The first-order valence-corrected chi connectivity index (χ1v) is 6.35. The molecule has 1 aromatic heterocycles. The quantitative estimate of drug-likeness (QED) is 0.860. The minimum absolute atomic E-state index is 0.107. The fraction of sp³-hybridized carbons (Fsp3) is 0.308. The van der Waals surface area contributed by atoms with Crippen LogP contribution < -0.4 is 9.47 Å². The van der Waals surface area contributed by atoms with Crippen LogP contribution in [0.2, 0.25) is 5.28 Å². The van der Waals surface area contributed by atoms with E-state index in [9.17, 15) is 0 Å². The number of ether oxygens (including phenoxy) is 2. The number of rotatable bonds is 4. The number of hydrogen-bond donors (Lipinski definition) is 0. The number of hydrogen-bond acceptors (Lipinski definition) is 5. The lowest BCUT2D eigenvalue weighted by atomic mass is 10.2. The standard InChI is InChI=1S/C13H12ClN3O2/c1-18-13-16-11(15-12(14)17-13)8-3-2-4-10(7-8)19-9-5-6-9/h2-4,7,9H,5-6H2,1H3. The van der Waals surface area contributed by atoms with E-state index in [4.69, 9.17) is 21.1 Å². The highest BCUT2D eigenvalue weighted by atomic mass is 35.5. The van der Waals surface area contributed by atoms with Crippen LogP contribution in [0.5, 0.6) is 11.8 Å². The van der Waals surface area contributed by atoms with Gasteiger partial charge < -0.3 is 9.47 Å². The second kappa shape index (κ2) is 5.01. The van der Waals surface area contributed by atoms with Crippen LogP contribution in [-0.2, 0) is 0 Å². The van der Waals surface area contributed by atoms with Gasteiger partial charge in [-0.2, -0.15) is 15.0 Å². The van der Waals surface area contributed by atoms with Gasteiger partial charge in [0, 0.05) is 5.56 Å². The van der Waals surface area contributed by atoms with Gasteiger partial charge >= 0.3 is 6.01 Å². The highest BCUT2D eigenvalue weighted by Gasteiger charge is 2.23. The molecule has 2 aromatic rings. The molecule has 5 nitrogen and oxygen atoms in total. The summed E-state index contributed by atoms with van der Waals surface area (Å²) in [5.41, 5.74) is 0.820. The van der Waals surface area contributed by atoms with Crippen molar-refractivity contribution in [3.05, 3.63) is 29.5 Å². The molecule has 0 aliphatic heterocycles. The third kappa shape index (κ3) is 2.93. The highest BCUT2D eigenvalue weighted by Crippen LogP contribution is 2.29. The van der Waals surface area contributed by atoms with E-state index < -0.39 is 0 Å². The molecule has 1 fully saturated rings. The third-order valence-electron chi connectivity index (χ3n) is 2.69. The molecule has 0 amide bonds. The first-order valence-electron chi connectivity index (χ1n) is 5.97. The number of methoxy groups -OCH3 is 1. The van der Waals surface area contributed by atoms with Gasteiger partial charge in [0.05, 0.1) is 13.2 Å². The van der Waals surface area contributed by atoms with Gasteiger partial charge in [-0.15, -0.1) is 0 Å². The van der Waals surface area contributed by atoms with Crippen molar-refractivity contribution in [1.29, 1.82) is 0 Å². The van der Waals surface area contributed by atoms with Gasteiger partial charge in [0.2, 0.25) is 5.28 Å². The van der Waals surface area contributed by atoms with Gasteiger partial charge in [-0.3, -0.25) is 0 Å². The van der Waals surface area contributed by atoms with Crippen molar-refractivity contribution in [2.24, 2.45) is 0 Å². The summed E-state index contributed by atoms with van der Waals surface area (Å²) < 4.78 is 10.7. The van der Waals surface area contributed by atoms with Crippen molar-refractivity contribution in [1.82, 2.24) is 15.0 Å². The monoisotopic (exact) mass is 277 g/mol. The largest absolute Gasteiger partial charge is 0.490 e. The van der Waals surface area contributed by atoms with Crippen molar-refractivity contribution in [2.45, 2.75) is 18.9 Å². The molecule has 6 heteroatoms. The summed E-state index contributed by atoms with van der Waals surface area (Å²) in [6.45, 7) is 0. The zero-order chi connectivity index (χ0) is 13.2. The fourth-order valence-electron chi connectivity index (χ4n) is 1.64. The van der Waals surface area contributed by atoms with Crippen LogP contribution in [-0.4, -0.2) is 28.2 Å². The fourth-order valence-corrected chi connectivity index (χ4v) is 1.79. The predicted octanol–water partition coefficient (Wildman–Crippen LogP) is 2.74. The smallest absolute Gasteiger partial charge is 0.321 e. The molecule has 1 saturated carbocycles. The molecule has 1 aliphatic carbocycles. The Labute approximate surface area is 115 Å². The summed E-state index contributed by atoms with van der Waals surface area (Å²) in [5, 5.41) is 0.107. The molecule has 98 valence electrons. The number of nitrogens with zero attached hydrogens (tertiary/aromatic N) is 3. The van der Waals surface area contributed by atoms with Crippen molar-refractivity contribution in [3.8, 4) is 23.1 Å². The lowest BCUT2D eigenvalue weighted by Crippen LogP contribution is -1.99. The summed E-state index contributed by atoms with van der Waals surface area (Å²) >= 11 is 5.84. The Balaban J connectivity index is 1.93. The summed E-state index contributed by atoms with van der Waals surface area (Å²) in [4.78, 5) is 12.1. The molecule has 0 saturated heterocycles. The lowest BCUT2D eigenvalue weighted by Gasteiger charge is -2.07. The molecule has 1 heterocycles. The molecule has 0 bridgehead atoms. The topological polar surface area (TPSA) is 57.1 Å². The lowest BCUT2D eigenvalue weighted by molar-refractivity contribution is 0.303. The van der Waals surface area contributed by atoms with Crippen LogP contribution in [0.15, 0.2) is 24.3 Å². The zero-order valence-corrected chi connectivity index (χ0v) is 11.1. The molecule has 0 unspecified atom stereocenters. The van der Waals surface area contributed by atoms with E-state index in [1.807, 2.05) is 24.3 Å². The second-order valence-corrected chi connectivity index (χ2v) is 4.60. The minimum Gasteiger partial charge on any atom is -0.490 e. The Morgan fingerprint density at radius 3 is 2.79 bits per heavy atom. The van der Waals surface area contributed by atoms with Crippen LogP contribution in [0.4, 0.5) is 0 Å². The van der Waals surface area contributed by atoms with Crippen molar-refractivity contribution >= 4 is 11.6 Å². The SMILES string of the molecule is COc1nc(Cl)nc(-c2cccc(OC3CC3)c2)n1. The van der Waals surface area contributed by atoms with Gasteiger partial charge in [-0.05, 0) is 36.6 Å². The highest BCUT2D eigenvalue weighted by molar-refractivity contribution is 6.28. The third-order valence-corrected chi connectivity index (χ3v) is 2.86. The first-order chi connectivity index (χ1) is 9.24. The van der Waals surface area contributed by atoms with Gasteiger partial charge in [0.25, 0.3) is 0 Å². The van der Waals surface area contributed by atoms with Crippen molar-refractivity contribution in [3.63, 3.8) is 0 Å².